The number of anilines is 1. The normalized spacial score (nSPS) is 32.3. The van der Waals surface area contributed by atoms with Crippen LogP contribution in [0.2, 0.25) is 0 Å². The van der Waals surface area contributed by atoms with Gasteiger partial charge in [0.2, 0.25) is 0 Å². The molecule has 0 saturated carbocycles. The predicted molar refractivity (Wildman–Crippen MR) is 76.5 cm³/mol. The fourth-order valence-corrected chi connectivity index (χ4v) is 2.69. The standard InChI is InChI=1S/C13H17N5O4/c1-2-3-13(4-19)9(21)8(20)12(22-13)18-6-17-7-10(14)15-5-16-11(7)18/h2-3,5-6,8-9,12,19-21H,4H2,1H3,(H2,14,15,16)/t8-,9+,12-,13-/m1/s1. The smallest absolute Gasteiger partial charge is 0.167 e. The molecule has 4 atom stereocenters. The second-order valence-electron chi connectivity index (χ2n) is 5.14. The highest BCUT2D eigenvalue weighted by molar-refractivity contribution is 5.81. The van der Waals surface area contributed by atoms with E-state index in [-0.39, 0.29) is 5.82 Å². The monoisotopic (exact) mass is 307 g/mol. The van der Waals surface area contributed by atoms with E-state index in [1.54, 1.807) is 13.0 Å². The highest BCUT2D eigenvalue weighted by Gasteiger charge is 2.53. The van der Waals surface area contributed by atoms with Crippen molar-refractivity contribution in [2.45, 2.75) is 31.0 Å². The van der Waals surface area contributed by atoms with E-state index in [1.165, 1.54) is 23.3 Å². The first-order valence-corrected chi connectivity index (χ1v) is 6.75. The van der Waals surface area contributed by atoms with Gasteiger partial charge in [-0.3, -0.25) is 4.57 Å². The number of nitrogens with two attached hydrogens (primary N) is 1. The minimum absolute atomic E-state index is 0.207. The van der Waals surface area contributed by atoms with Crippen molar-refractivity contribution in [3.8, 4) is 0 Å². The van der Waals surface area contributed by atoms with Gasteiger partial charge < -0.3 is 25.8 Å². The summed E-state index contributed by atoms with van der Waals surface area (Å²) in [5.41, 5.74) is 5.09. The van der Waals surface area contributed by atoms with Crippen molar-refractivity contribution in [2.24, 2.45) is 0 Å². The van der Waals surface area contributed by atoms with Crippen LogP contribution in [-0.2, 0) is 4.74 Å². The number of imidazole rings is 1. The summed E-state index contributed by atoms with van der Waals surface area (Å²) in [6, 6.07) is 0. The Kier molecular flexibility index (Phi) is 3.57. The molecule has 3 rings (SSSR count). The molecule has 0 bridgehead atoms. The SMILES string of the molecule is CC=C[C@]1(CO)O[C@@H](n2cnc3c(N)ncnc32)[C@H](O)[C@@H]1O. The molecule has 118 valence electrons. The molecule has 1 aliphatic rings. The van der Waals surface area contributed by atoms with E-state index in [1.807, 2.05) is 0 Å². The molecule has 0 radical (unpaired) electrons. The van der Waals surface area contributed by atoms with Gasteiger partial charge >= 0.3 is 0 Å². The van der Waals surface area contributed by atoms with Crippen LogP contribution in [0.3, 0.4) is 0 Å². The quantitative estimate of drug-likeness (QED) is 0.528. The Labute approximate surface area is 125 Å². The topological polar surface area (TPSA) is 140 Å². The molecule has 3 heterocycles. The molecule has 0 aliphatic carbocycles. The lowest BCUT2D eigenvalue weighted by Crippen LogP contribution is -2.44. The van der Waals surface area contributed by atoms with Crippen molar-refractivity contribution in [3.63, 3.8) is 0 Å². The highest BCUT2D eigenvalue weighted by Crippen LogP contribution is 2.39. The van der Waals surface area contributed by atoms with Crippen LogP contribution >= 0.6 is 0 Å². The summed E-state index contributed by atoms with van der Waals surface area (Å²) in [5.74, 6) is 0.207. The fraction of sp³-hybridized carbons (Fsp3) is 0.462. The van der Waals surface area contributed by atoms with Crippen molar-refractivity contribution < 1.29 is 20.1 Å². The molecule has 9 heteroatoms. The van der Waals surface area contributed by atoms with Crippen LogP contribution in [-0.4, -0.2) is 59.3 Å². The number of hydrogen-bond donors (Lipinski definition) is 4. The van der Waals surface area contributed by atoms with E-state index in [0.29, 0.717) is 11.2 Å². The van der Waals surface area contributed by atoms with E-state index in [2.05, 4.69) is 15.0 Å². The largest absolute Gasteiger partial charge is 0.393 e. The molecule has 9 nitrogen and oxygen atoms in total. The molecule has 0 spiro atoms. The number of rotatable bonds is 3. The summed E-state index contributed by atoms with van der Waals surface area (Å²) in [7, 11) is 0. The minimum atomic E-state index is -1.38. The van der Waals surface area contributed by atoms with Gasteiger partial charge in [0.05, 0.1) is 12.9 Å². The first kappa shape index (κ1) is 14.9. The van der Waals surface area contributed by atoms with Gasteiger partial charge in [-0.1, -0.05) is 12.2 Å². The van der Waals surface area contributed by atoms with E-state index in [4.69, 9.17) is 10.5 Å². The zero-order valence-corrected chi connectivity index (χ0v) is 11.9. The Morgan fingerprint density at radius 2 is 2.18 bits per heavy atom. The molecule has 22 heavy (non-hydrogen) atoms. The summed E-state index contributed by atoms with van der Waals surface area (Å²) < 4.78 is 7.20. The average molecular weight is 307 g/mol. The molecule has 2 aromatic heterocycles. The molecule has 0 amide bonds. The Balaban J connectivity index is 2.06. The van der Waals surface area contributed by atoms with E-state index < -0.39 is 30.6 Å². The number of aromatic nitrogens is 4. The summed E-state index contributed by atoms with van der Waals surface area (Å²) in [5, 5.41) is 30.2. The molecular weight excluding hydrogens is 290 g/mol. The summed E-state index contributed by atoms with van der Waals surface area (Å²) in [6.45, 7) is 1.25. The maximum Gasteiger partial charge on any atom is 0.167 e. The number of aliphatic hydroxyl groups excluding tert-OH is 3. The number of ether oxygens (including phenoxy) is 1. The second-order valence-corrected chi connectivity index (χ2v) is 5.14. The van der Waals surface area contributed by atoms with Crippen molar-refractivity contribution in [1.82, 2.24) is 19.5 Å². The van der Waals surface area contributed by atoms with Gasteiger partial charge in [0, 0.05) is 0 Å². The number of aliphatic hydroxyl groups is 3. The molecule has 2 aromatic rings. The van der Waals surface area contributed by atoms with Gasteiger partial charge in [0.1, 0.15) is 29.7 Å². The van der Waals surface area contributed by atoms with Crippen LogP contribution in [0.25, 0.3) is 11.2 Å². The van der Waals surface area contributed by atoms with Crippen LogP contribution in [0.1, 0.15) is 13.2 Å². The first-order valence-electron chi connectivity index (χ1n) is 6.75. The molecule has 1 saturated heterocycles. The zero-order chi connectivity index (χ0) is 15.9. The van der Waals surface area contributed by atoms with Gasteiger partial charge in [-0.2, -0.15) is 0 Å². The Morgan fingerprint density at radius 3 is 2.86 bits per heavy atom. The average Bonchev–Trinajstić information content (AvgIpc) is 3.04. The van der Waals surface area contributed by atoms with Crippen molar-refractivity contribution >= 4 is 17.0 Å². The van der Waals surface area contributed by atoms with Crippen molar-refractivity contribution in [2.75, 3.05) is 12.3 Å². The molecular formula is C13H17N5O4. The number of hydrogen-bond acceptors (Lipinski definition) is 8. The predicted octanol–water partition coefficient (Wildman–Crippen LogP) is -1.03. The first-order chi connectivity index (χ1) is 10.5. The lowest BCUT2D eigenvalue weighted by Gasteiger charge is -2.26. The molecule has 1 fully saturated rings. The van der Waals surface area contributed by atoms with E-state index in [9.17, 15) is 15.3 Å². The van der Waals surface area contributed by atoms with Crippen LogP contribution in [0, 0.1) is 0 Å². The number of allylic oxidation sites excluding steroid dienone is 1. The number of nitrogen functional groups attached to an aromatic ring is 1. The van der Waals surface area contributed by atoms with Crippen molar-refractivity contribution in [3.05, 3.63) is 24.8 Å². The third-order valence-corrected chi connectivity index (χ3v) is 3.81. The Morgan fingerprint density at radius 1 is 1.41 bits per heavy atom. The van der Waals surface area contributed by atoms with Crippen LogP contribution < -0.4 is 5.73 Å². The van der Waals surface area contributed by atoms with Gasteiger partial charge in [0.25, 0.3) is 0 Å². The van der Waals surface area contributed by atoms with Crippen LogP contribution in [0.15, 0.2) is 24.8 Å². The number of nitrogens with zero attached hydrogens (tertiary/aromatic N) is 4. The minimum Gasteiger partial charge on any atom is -0.393 e. The third-order valence-electron chi connectivity index (χ3n) is 3.81. The van der Waals surface area contributed by atoms with E-state index >= 15 is 0 Å². The fourth-order valence-electron chi connectivity index (χ4n) is 2.69. The number of fused-ring (bicyclic) bond motifs is 1. The third kappa shape index (κ3) is 1.98. The lowest BCUT2D eigenvalue weighted by atomic mass is 9.95. The van der Waals surface area contributed by atoms with Gasteiger partial charge in [-0.25, -0.2) is 15.0 Å². The zero-order valence-electron chi connectivity index (χ0n) is 11.9. The molecule has 1 aliphatic heterocycles. The highest BCUT2D eigenvalue weighted by atomic mass is 16.6. The molecule has 5 N–H and O–H groups in total. The van der Waals surface area contributed by atoms with Crippen LogP contribution in [0.4, 0.5) is 5.82 Å². The maximum atomic E-state index is 10.3. The Hall–Kier alpha value is -2.07. The second kappa shape index (κ2) is 5.29. The summed E-state index contributed by atoms with van der Waals surface area (Å²) in [6.07, 6.45) is 2.31. The molecule has 0 unspecified atom stereocenters. The van der Waals surface area contributed by atoms with E-state index in [0.717, 1.165) is 0 Å². The van der Waals surface area contributed by atoms with Gasteiger partial charge in [0.15, 0.2) is 17.7 Å². The molecule has 0 aromatic carbocycles. The summed E-state index contributed by atoms with van der Waals surface area (Å²) >= 11 is 0. The van der Waals surface area contributed by atoms with Gasteiger partial charge in [-0.15, -0.1) is 0 Å². The summed E-state index contributed by atoms with van der Waals surface area (Å²) in [4.78, 5) is 12.0. The lowest BCUT2D eigenvalue weighted by molar-refractivity contribution is -0.0971. The Bertz CT molecular complexity index is 718. The van der Waals surface area contributed by atoms with Crippen molar-refractivity contribution in [1.29, 1.82) is 0 Å². The van der Waals surface area contributed by atoms with Crippen LogP contribution in [0.5, 0.6) is 0 Å². The van der Waals surface area contributed by atoms with Gasteiger partial charge in [-0.05, 0) is 6.92 Å². The maximum absolute atomic E-state index is 10.3.